The Morgan fingerprint density at radius 1 is 0.867 bits per heavy atom. The van der Waals surface area contributed by atoms with Crippen LogP contribution in [0.15, 0.2) is 42.5 Å². The molecule has 0 aliphatic rings. The topological polar surface area (TPSA) is 145 Å². The molecule has 0 heterocycles. The molecule has 6 atom stereocenters. The molecule has 2 aromatic rings. The van der Waals surface area contributed by atoms with Crippen LogP contribution in [0.3, 0.4) is 0 Å². The molecule has 0 aliphatic heterocycles. The number of hydrogen-bond donors (Lipinski definition) is 5. The van der Waals surface area contributed by atoms with Crippen molar-refractivity contribution < 1.29 is 24.6 Å². The van der Waals surface area contributed by atoms with E-state index >= 15 is 0 Å². The molecule has 0 saturated carbocycles. The molecular weight excluding hydrogens is 592 g/mol. The van der Waals surface area contributed by atoms with E-state index in [4.69, 9.17) is 5.73 Å². The van der Waals surface area contributed by atoms with Gasteiger partial charge >= 0.3 is 0 Å². The van der Waals surface area contributed by atoms with Crippen molar-refractivity contribution in [2.75, 3.05) is 11.4 Å². The average Bonchev–Trinajstić information content (AvgIpc) is 2.96. The number of anilines is 1. The zero-order valence-corrected chi connectivity index (χ0v) is 29.0. The van der Waals surface area contributed by atoms with Crippen molar-refractivity contribution in [2.45, 2.75) is 117 Å². The monoisotopic (exact) mass is 648 g/mol. The highest BCUT2D eigenvalue weighted by atomic mass is 35.5. The largest absolute Gasteiger partial charge is 0.393 e. The number of halogens is 1. The van der Waals surface area contributed by atoms with Crippen LogP contribution < -0.4 is 21.3 Å². The van der Waals surface area contributed by atoms with Crippen LogP contribution in [-0.2, 0) is 14.4 Å². The molecule has 0 saturated heterocycles. The van der Waals surface area contributed by atoms with Crippen LogP contribution in [-0.4, -0.2) is 64.8 Å². The normalized spacial score (nSPS) is 15.5. The molecule has 2 unspecified atom stereocenters. The third kappa shape index (κ3) is 12.5. The number of hydrogen-bond acceptors (Lipinski definition) is 6. The van der Waals surface area contributed by atoms with Crippen molar-refractivity contribution in [1.82, 2.24) is 10.6 Å². The SMILES string of the molecule is CCCC[C@@H](C(=O)N[C@@H](CC(C)C)[C@@H](O)CC(CC(C)O)C(=O)NCC(C)C)N(C(=O)[C@H](C)N)c1cccc2ccccc12.Cl. The molecule has 0 aromatic heterocycles. The van der Waals surface area contributed by atoms with Gasteiger partial charge < -0.3 is 26.6 Å². The minimum Gasteiger partial charge on any atom is -0.393 e. The van der Waals surface area contributed by atoms with E-state index in [0.717, 1.165) is 17.2 Å². The van der Waals surface area contributed by atoms with Crippen LogP contribution in [0.1, 0.15) is 87.0 Å². The molecule has 0 aliphatic carbocycles. The maximum absolute atomic E-state index is 14.2. The standard InChI is InChI=1S/C35H56N4O5.ClH/c1-8-9-16-31(39(35(44)25(7)36)30-17-12-14-26-13-10-11-15-28(26)30)34(43)38-29(18-22(2)3)32(41)20-27(19-24(6)40)33(42)37-21-23(4)5;/h10-15,17,22-25,27,29,31-32,40-41H,8-9,16,18-21,36H2,1-7H3,(H,37,42)(H,38,43);1H/t24?,25-,27?,29-,31-,32-;/m0./s1. The van der Waals surface area contributed by atoms with Gasteiger partial charge in [0.05, 0.1) is 30.0 Å². The summed E-state index contributed by atoms with van der Waals surface area (Å²) in [4.78, 5) is 42.5. The van der Waals surface area contributed by atoms with Crippen molar-refractivity contribution in [3.05, 3.63) is 42.5 Å². The number of unbranched alkanes of at least 4 members (excludes halogenated alkanes) is 1. The summed E-state index contributed by atoms with van der Waals surface area (Å²) in [6, 6.07) is 11.0. The summed E-state index contributed by atoms with van der Waals surface area (Å²) in [6.07, 6.45) is 0.913. The summed E-state index contributed by atoms with van der Waals surface area (Å²) in [6.45, 7) is 13.8. The molecule has 0 fully saturated rings. The number of aliphatic hydroxyl groups excluding tert-OH is 2. The highest BCUT2D eigenvalue weighted by Crippen LogP contribution is 2.30. The second-order valence-corrected chi connectivity index (χ2v) is 13.1. The molecule has 0 spiro atoms. The van der Waals surface area contributed by atoms with Crippen LogP contribution in [0.2, 0.25) is 0 Å². The lowest BCUT2D eigenvalue weighted by atomic mass is 9.88. The van der Waals surface area contributed by atoms with Gasteiger partial charge in [0, 0.05) is 17.8 Å². The summed E-state index contributed by atoms with van der Waals surface area (Å²) in [5.74, 6) is -1.20. The lowest BCUT2D eigenvalue weighted by molar-refractivity contribution is -0.129. The van der Waals surface area contributed by atoms with Crippen molar-refractivity contribution in [3.63, 3.8) is 0 Å². The number of aliphatic hydroxyl groups is 2. The molecular formula is C35H57ClN4O5. The minimum atomic E-state index is -1.04. The zero-order valence-electron chi connectivity index (χ0n) is 28.2. The Morgan fingerprint density at radius 2 is 1.51 bits per heavy atom. The number of fused-ring (bicyclic) bond motifs is 1. The van der Waals surface area contributed by atoms with Crippen molar-refractivity contribution in [1.29, 1.82) is 0 Å². The number of amides is 3. The van der Waals surface area contributed by atoms with Gasteiger partial charge in [-0.05, 0) is 62.8 Å². The predicted molar refractivity (Wildman–Crippen MR) is 185 cm³/mol. The number of nitrogens with zero attached hydrogens (tertiary/aromatic N) is 1. The molecule has 0 bridgehead atoms. The van der Waals surface area contributed by atoms with E-state index in [-0.39, 0.29) is 54.8 Å². The molecule has 10 heteroatoms. The van der Waals surface area contributed by atoms with Crippen molar-refractivity contribution in [3.8, 4) is 0 Å². The first kappa shape index (κ1) is 40.3. The van der Waals surface area contributed by atoms with Gasteiger partial charge in [0.25, 0.3) is 0 Å². The summed E-state index contributed by atoms with van der Waals surface area (Å²) >= 11 is 0. The van der Waals surface area contributed by atoms with Crippen LogP contribution >= 0.6 is 12.4 Å². The molecule has 6 N–H and O–H groups in total. The highest BCUT2D eigenvalue weighted by molar-refractivity contribution is 6.09. The van der Waals surface area contributed by atoms with Gasteiger partial charge in [0.15, 0.2) is 0 Å². The number of nitrogens with two attached hydrogens (primary N) is 1. The van der Waals surface area contributed by atoms with E-state index in [1.54, 1.807) is 13.8 Å². The van der Waals surface area contributed by atoms with Gasteiger partial charge in [0.1, 0.15) is 6.04 Å². The van der Waals surface area contributed by atoms with Gasteiger partial charge in [-0.15, -0.1) is 12.4 Å². The average molecular weight is 649 g/mol. The van der Waals surface area contributed by atoms with E-state index < -0.39 is 36.3 Å². The van der Waals surface area contributed by atoms with Gasteiger partial charge in [0.2, 0.25) is 17.7 Å². The van der Waals surface area contributed by atoms with Crippen LogP contribution in [0.4, 0.5) is 5.69 Å². The predicted octanol–water partition coefficient (Wildman–Crippen LogP) is 4.94. The fourth-order valence-electron chi connectivity index (χ4n) is 5.58. The Kier molecular flexibility index (Phi) is 17.7. The Balaban J connectivity index is 0.0000101. The lowest BCUT2D eigenvalue weighted by Gasteiger charge is -2.35. The molecule has 9 nitrogen and oxygen atoms in total. The fraction of sp³-hybridized carbons (Fsp3) is 0.629. The van der Waals surface area contributed by atoms with Crippen LogP contribution in [0.25, 0.3) is 10.8 Å². The Hall–Kier alpha value is -2.72. The molecule has 2 rings (SSSR count). The molecule has 45 heavy (non-hydrogen) atoms. The summed E-state index contributed by atoms with van der Waals surface area (Å²) < 4.78 is 0. The van der Waals surface area contributed by atoms with Gasteiger partial charge in [-0.2, -0.15) is 0 Å². The highest BCUT2D eigenvalue weighted by Gasteiger charge is 2.36. The maximum Gasteiger partial charge on any atom is 0.244 e. The Bertz CT molecular complexity index is 1200. The number of benzene rings is 2. The van der Waals surface area contributed by atoms with Gasteiger partial charge in [-0.25, -0.2) is 0 Å². The quantitative estimate of drug-likeness (QED) is 0.155. The van der Waals surface area contributed by atoms with Gasteiger partial charge in [-0.3, -0.25) is 19.3 Å². The first-order valence-corrected chi connectivity index (χ1v) is 16.3. The number of nitrogens with one attached hydrogen (secondary N) is 2. The first-order chi connectivity index (χ1) is 20.8. The minimum absolute atomic E-state index is 0. The summed E-state index contributed by atoms with van der Waals surface area (Å²) in [5, 5.41) is 29.4. The summed E-state index contributed by atoms with van der Waals surface area (Å²) in [7, 11) is 0. The second-order valence-electron chi connectivity index (χ2n) is 13.1. The third-order valence-electron chi connectivity index (χ3n) is 7.82. The van der Waals surface area contributed by atoms with E-state index in [2.05, 4.69) is 10.6 Å². The van der Waals surface area contributed by atoms with E-state index in [1.807, 2.05) is 77.1 Å². The van der Waals surface area contributed by atoms with E-state index in [1.165, 1.54) is 4.90 Å². The summed E-state index contributed by atoms with van der Waals surface area (Å²) in [5.41, 5.74) is 6.76. The number of carbonyl (C=O) groups excluding carboxylic acids is 3. The van der Waals surface area contributed by atoms with Crippen molar-refractivity contribution >= 4 is 46.6 Å². The molecule has 254 valence electrons. The number of carbonyl (C=O) groups is 3. The molecule has 0 radical (unpaired) electrons. The molecule has 2 aromatic carbocycles. The molecule has 3 amide bonds. The van der Waals surface area contributed by atoms with E-state index in [0.29, 0.717) is 31.5 Å². The zero-order chi connectivity index (χ0) is 33.0. The van der Waals surface area contributed by atoms with E-state index in [9.17, 15) is 24.6 Å². The Labute approximate surface area is 276 Å². The lowest BCUT2D eigenvalue weighted by Crippen LogP contribution is -2.57. The van der Waals surface area contributed by atoms with Crippen molar-refractivity contribution in [2.24, 2.45) is 23.5 Å². The van der Waals surface area contributed by atoms with Gasteiger partial charge in [-0.1, -0.05) is 83.9 Å². The fourth-order valence-corrected chi connectivity index (χ4v) is 5.58. The first-order valence-electron chi connectivity index (χ1n) is 16.3. The van der Waals surface area contributed by atoms with Crippen LogP contribution in [0.5, 0.6) is 0 Å². The van der Waals surface area contributed by atoms with Crippen LogP contribution in [0, 0.1) is 17.8 Å². The number of rotatable bonds is 18. The third-order valence-corrected chi connectivity index (χ3v) is 7.82. The smallest absolute Gasteiger partial charge is 0.244 e. The second kappa shape index (κ2) is 19.7. The maximum atomic E-state index is 14.2. The Morgan fingerprint density at radius 3 is 2.09 bits per heavy atom.